The molecule has 0 amide bonds. The molecule has 0 spiro atoms. The fourth-order valence-corrected chi connectivity index (χ4v) is 3.46. The predicted molar refractivity (Wildman–Crippen MR) is 121 cm³/mol. The number of nitro groups is 1. The first-order valence-electron chi connectivity index (χ1n) is 9.69. The zero-order valence-corrected chi connectivity index (χ0v) is 17.2. The second kappa shape index (κ2) is 8.71. The van der Waals surface area contributed by atoms with Crippen LogP contribution in [-0.4, -0.2) is 24.1 Å². The molecule has 0 bridgehead atoms. The highest BCUT2D eigenvalue weighted by atomic mass is 16.6. The summed E-state index contributed by atoms with van der Waals surface area (Å²) in [4.78, 5) is 16.4. The molecule has 4 rings (SSSR count). The van der Waals surface area contributed by atoms with Crippen molar-refractivity contribution in [2.75, 3.05) is 19.5 Å². The molecule has 0 atom stereocenters. The van der Waals surface area contributed by atoms with Crippen LogP contribution in [0.25, 0.3) is 22.0 Å². The summed E-state index contributed by atoms with van der Waals surface area (Å²) in [5.41, 5.74) is 1.95. The first kappa shape index (κ1) is 20.2. The van der Waals surface area contributed by atoms with Crippen LogP contribution in [0.3, 0.4) is 0 Å². The Morgan fingerprint density at radius 2 is 1.58 bits per heavy atom. The van der Waals surface area contributed by atoms with Gasteiger partial charge in [-0.25, -0.2) is 4.98 Å². The van der Waals surface area contributed by atoms with Crippen molar-refractivity contribution in [3.05, 3.63) is 88.5 Å². The van der Waals surface area contributed by atoms with E-state index in [9.17, 15) is 10.1 Å². The second-order valence-electron chi connectivity index (χ2n) is 6.89. The Morgan fingerprint density at radius 3 is 2.23 bits per heavy atom. The number of hydrogen-bond donors (Lipinski definition) is 1. The average Bonchev–Trinajstić information content (AvgIpc) is 2.82. The molecule has 31 heavy (non-hydrogen) atoms. The van der Waals surface area contributed by atoms with E-state index in [4.69, 9.17) is 9.47 Å². The summed E-state index contributed by atoms with van der Waals surface area (Å²) < 4.78 is 10.6. The van der Waals surface area contributed by atoms with E-state index in [0.717, 1.165) is 5.56 Å². The van der Waals surface area contributed by atoms with Gasteiger partial charge in [0, 0.05) is 17.5 Å². The molecule has 0 fully saturated rings. The van der Waals surface area contributed by atoms with E-state index in [1.807, 2.05) is 30.3 Å². The van der Waals surface area contributed by atoms with Crippen LogP contribution in [0, 0.1) is 10.1 Å². The Balaban J connectivity index is 1.90. The minimum absolute atomic E-state index is 0.0481. The van der Waals surface area contributed by atoms with Gasteiger partial charge in [0.25, 0.3) is 0 Å². The summed E-state index contributed by atoms with van der Waals surface area (Å²) in [6.45, 7) is 0.528. The maximum absolute atomic E-state index is 12.1. The van der Waals surface area contributed by atoms with Gasteiger partial charge in [-0.2, -0.15) is 0 Å². The fourth-order valence-electron chi connectivity index (χ4n) is 3.46. The number of anilines is 1. The van der Waals surface area contributed by atoms with E-state index in [-0.39, 0.29) is 10.6 Å². The summed E-state index contributed by atoms with van der Waals surface area (Å²) >= 11 is 0. The van der Waals surface area contributed by atoms with Crippen LogP contribution in [0.1, 0.15) is 5.56 Å². The lowest BCUT2D eigenvalue weighted by molar-refractivity contribution is -0.382. The van der Waals surface area contributed by atoms with Gasteiger partial charge in [-0.15, -0.1) is 0 Å². The summed E-state index contributed by atoms with van der Waals surface area (Å²) in [6, 6.07) is 22.1. The SMILES string of the molecule is COc1ccc(-c2nc(NCc3ccccc3)c3cc(OC)ccc3c2[N+](=O)[O-])cc1. The third kappa shape index (κ3) is 4.11. The minimum atomic E-state index is -0.387. The van der Waals surface area contributed by atoms with Crippen molar-refractivity contribution in [2.45, 2.75) is 6.54 Å². The Labute approximate surface area is 179 Å². The van der Waals surface area contributed by atoms with E-state index in [2.05, 4.69) is 10.3 Å². The monoisotopic (exact) mass is 415 g/mol. The van der Waals surface area contributed by atoms with Crippen LogP contribution in [0.15, 0.2) is 72.8 Å². The Morgan fingerprint density at radius 1 is 0.903 bits per heavy atom. The van der Waals surface area contributed by atoms with Crippen molar-refractivity contribution >= 4 is 22.3 Å². The van der Waals surface area contributed by atoms with Crippen molar-refractivity contribution in [2.24, 2.45) is 0 Å². The lowest BCUT2D eigenvalue weighted by Gasteiger charge is -2.14. The van der Waals surface area contributed by atoms with Gasteiger partial charge in [0.15, 0.2) is 5.69 Å². The fraction of sp³-hybridized carbons (Fsp3) is 0.125. The zero-order chi connectivity index (χ0) is 21.8. The number of benzene rings is 3. The standard InChI is InChI=1S/C24H21N3O4/c1-30-18-10-8-17(9-11-18)22-23(27(28)29)20-13-12-19(31-2)14-21(20)24(26-22)25-15-16-6-4-3-5-7-16/h3-14H,15H2,1-2H3,(H,25,26). The number of hydrogen-bond acceptors (Lipinski definition) is 6. The maximum Gasteiger partial charge on any atom is 0.303 e. The molecule has 1 aromatic heterocycles. The molecule has 4 aromatic rings. The number of nitrogens with one attached hydrogen (secondary N) is 1. The molecule has 0 unspecified atom stereocenters. The number of aromatic nitrogens is 1. The van der Waals surface area contributed by atoms with Crippen molar-refractivity contribution in [1.29, 1.82) is 0 Å². The smallest absolute Gasteiger partial charge is 0.303 e. The quantitative estimate of drug-likeness (QED) is 0.319. The molecule has 7 nitrogen and oxygen atoms in total. The third-order valence-corrected chi connectivity index (χ3v) is 5.03. The number of nitrogens with zero attached hydrogens (tertiary/aromatic N) is 2. The van der Waals surface area contributed by atoms with E-state index in [1.165, 1.54) is 0 Å². The van der Waals surface area contributed by atoms with Gasteiger partial charge in [-0.1, -0.05) is 30.3 Å². The highest BCUT2D eigenvalue weighted by Gasteiger charge is 2.24. The number of fused-ring (bicyclic) bond motifs is 1. The second-order valence-corrected chi connectivity index (χ2v) is 6.89. The highest BCUT2D eigenvalue weighted by Crippen LogP contribution is 2.40. The molecule has 1 N–H and O–H groups in total. The van der Waals surface area contributed by atoms with Crippen molar-refractivity contribution < 1.29 is 14.4 Å². The lowest BCUT2D eigenvalue weighted by atomic mass is 10.0. The van der Waals surface area contributed by atoms with Gasteiger partial charge < -0.3 is 14.8 Å². The number of pyridine rings is 1. The zero-order valence-electron chi connectivity index (χ0n) is 17.2. The van der Waals surface area contributed by atoms with E-state index in [1.54, 1.807) is 56.7 Å². The Kier molecular flexibility index (Phi) is 5.66. The summed E-state index contributed by atoms with van der Waals surface area (Å²) in [6.07, 6.45) is 0. The first-order valence-corrected chi connectivity index (χ1v) is 9.69. The van der Waals surface area contributed by atoms with Crippen LogP contribution in [0.2, 0.25) is 0 Å². The summed E-state index contributed by atoms with van der Waals surface area (Å²) in [5.74, 6) is 1.82. The topological polar surface area (TPSA) is 86.5 Å². The van der Waals surface area contributed by atoms with Crippen LogP contribution < -0.4 is 14.8 Å². The average molecular weight is 415 g/mol. The number of methoxy groups -OCH3 is 2. The predicted octanol–water partition coefficient (Wildman–Crippen LogP) is 5.44. The lowest BCUT2D eigenvalue weighted by Crippen LogP contribution is -2.05. The molecule has 156 valence electrons. The first-order chi connectivity index (χ1) is 15.1. The van der Waals surface area contributed by atoms with Crippen molar-refractivity contribution in [3.8, 4) is 22.8 Å². The van der Waals surface area contributed by atoms with Gasteiger partial charge >= 0.3 is 5.69 Å². The van der Waals surface area contributed by atoms with Crippen LogP contribution in [0.4, 0.5) is 11.5 Å². The van der Waals surface area contributed by atoms with E-state index >= 15 is 0 Å². The molecule has 0 radical (unpaired) electrons. The molecular weight excluding hydrogens is 394 g/mol. The van der Waals surface area contributed by atoms with Crippen LogP contribution in [0.5, 0.6) is 11.5 Å². The van der Waals surface area contributed by atoms with Gasteiger partial charge in [-0.05, 0) is 48.0 Å². The highest BCUT2D eigenvalue weighted by molar-refractivity contribution is 6.03. The van der Waals surface area contributed by atoms with Gasteiger partial charge in [0.2, 0.25) is 0 Å². The Bertz CT molecular complexity index is 1230. The molecule has 3 aromatic carbocycles. The van der Waals surface area contributed by atoms with Crippen molar-refractivity contribution in [1.82, 2.24) is 4.98 Å². The Hall–Kier alpha value is -4.13. The molecule has 1 heterocycles. The van der Waals surface area contributed by atoms with Crippen molar-refractivity contribution in [3.63, 3.8) is 0 Å². The van der Waals surface area contributed by atoms with Crippen LogP contribution >= 0.6 is 0 Å². The largest absolute Gasteiger partial charge is 0.497 e. The molecule has 0 aliphatic rings. The van der Waals surface area contributed by atoms with Gasteiger partial charge in [0.1, 0.15) is 17.3 Å². The van der Waals surface area contributed by atoms with Gasteiger partial charge in [0.05, 0.1) is 24.5 Å². The van der Waals surface area contributed by atoms with Crippen LogP contribution in [-0.2, 0) is 6.54 Å². The molecule has 0 saturated heterocycles. The molecule has 0 aliphatic carbocycles. The number of rotatable bonds is 7. The number of ether oxygens (including phenoxy) is 2. The molecule has 0 saturated carbocycles. The summed E-state index contributed by atoms with van der Waals surface area (Å²) in [7, 11) is 3.14. The molecule has 0 aliphatic heterocycles. The molecular formula is C24H21N3O4. The minimum Gasteiger partial charge on any atom is -0.497 e. The summed E-state index contributed by atoms with van der Waals surface area (Å²) in [5, 5.41) is 16.5. The third-order valence-electron chi connectivity index (χ3n) is 5.03. The normalized spacial score (nSPS) is 10.6. The maximum atomic E-state index is 12.1. The molecule has 7 heteroatoms. The van der Waals surface area contributed by atoms with Gasteiger partial charge in [-0.3, -0.25) is 10.1 Å². The van der Waals surface area contributed by atoms with E-state index in [0.29, 0.717) is 45.9 Å². The van der Waals surface area contributed by atoms with E-state index < -0.39 is 0 Å².